The summed E-state index contributed by atoms with van der Waals surface area (Å²) < 4.78 is 0. The first-order chi connectivity index (χ1) is 13.4. The van der Waals surface area contributed by atoms with Crippen LogP contribution in [0.5, 0.6) is 0 Å². The van der Waals surface area contributed by atoms with Crippen LogP contribution in [-0.2, 0) is 19.2 Å². The minimum absolute atomic E-state index is 0.107. The molecule has 4 N–H and O–H groups in total. The van der Waals surface area contributed by atoms with Crippen molar-refractivity contribution in [1.29, 1.82) is 0 Å². The minimum atomic E-state index is -1.21. The van der Waals surface area contributed by atoms with Crippen molar-refractivity contribution in [3.8, 4) is 0 Å². The van der Waals surface area contributed by atoms with E-state index < -0.39 is 29.2 Å². The van der Waals surface area contributed by atoms with Gasteiger partial charge in [-0.05, 0) is 12.5 Å². The molecule has 1 aromatic rings. The second-order valence-electron chi connectivity index (χ2n) is 5.67. The van der Waals surface area contributed by atoms with E-state index in [4.69, 9.17) is 10.6 Å². The highest BCUT2D eigenvalue weighted by atomic mass is 32.2. The van der Waals surface area contributed by atoms with Crippen molar-refractivity contribution >= 4 is 51.7 Å². The Labute approximate surface area is 168 Å². The van der Waals surface area contributed by atoms with Gasteiger partial charge in [0.25, 0.3) is 11.8 Å². The SMILES string of the molecule is C=CC1=C(C(=O)O)N2C(=O)[C@@H](NC(=O)/C(=N\OCC)c3csc(N)n3)[C@H]2SC1. The Hall–Kier alpha value is -2.86. The smallest absolute Gasteiger partial charge is 0.352 e. The summed E-state index contributed by atoms with van der Waals surface area (Å²) in [6, 6.07) is -0.888. The summed E-state index contributed by atoms with van der Waals surface area (Å²) in [5.74, 6) is -2.02. The Bertz CT molecular complexity index is 909. The van der Waals surface area contributed by atoms with Crippen LogP contribution in [0.2, 0.25) is 0 Å². The van der Waals surface area contributed by atoms with Crippen molar-refractivity contribution in [1.82, 2.24) is 15.2 Å². The first kappa shape index (κ1) is 19.9. The quantitative estimate of drug-likeness (QED) is 0.324. The lowest BCUT2D eigenvalue weighted by atomic mass is 10.0. The molecule has 148 valence electrons. The van der Waals surface area contributed by atoms with Gasteiger partial charge in [0.1, 0.15) is 29.4 Å². The van der Waals surface area contributed by atoms with E-state index in [2.05, 4.69) is 22.0 Å². The lowest BCUT2D eigenvalue weighted by molar-refractivity contribution is -0.150. The van der Waals surface area contributed by atoms with Crippen LogP contribution in [0.4, 0.5) is 5.13 Å². The number of hydrogen-bond donors (Lipinski definition) is 3. The summed E-state index contributed by atoms with van der Waals surface area (Å²) in [4.78, 5) is 47.0. The Balaban J connectivity index is 1.80. The Morgan fingerprint density at radius 3 is 2.93 bits per heavy atom. The number of thiazole rings is 1. The molecule has 0 bridgehead atoms. The third-order valence-electron chi connectivity index (χ3n) is 4.00. The summed E-state index contributed by atoms with van der Waals surface area (Å²) in [5, 5.41) is 17.1. The molecule has 0 aliphatic carbocycles. The molecule has 3 heterocycles. The number of nitrogens with one attached hydrogen (secondary N) is 1. The van der Waals surface area contributed by atoms with Crippen molar-refractivity contribution in [2.75, 3.05) is 18.1 Å². The molecule has 10 nitrogen and oxygen atoms in total. The number of thioether (sulfide) groups is 1. The largest absolute Gasteiger partial charge is 0.477 e. The fraction of sp³-hybridized carbons (Fsp3) is 0.312. The number of amides is 2. The third kappa shape index (κ3) is 3.47. The highest BCUT2D eigenvalue weighted by Crippen LogP contribution is 2.40. The summed E-state index contributed by atoms with van der Waals surface area (Å²) in [7, 11) is 0. The van der Waals surface area contributed by atoms with Crippen molar-refractivity contribution in [3.63, 3.8) is 0 Å². The molecule has 3 rings (SSSR count). The van der Waals surface area contributed by atoms with Gasteiger partial charge in [-0.15, -0.1) is 23.1 Å². The number of nitrogens with two attached hydrogens (primary N) is 1. The van der Waals surface area contributed by atoms with E-state index >= 15 is 0 Å². The Kier molecular flexibility index (Phi) is 5.70. The molecule has 0 radical (unpaired) electrons. The number of β-lactam (4-membered cyclic amide) rings is 1. The zero-order valence-corrected chi connectivity index (χ0v) is 16.4. The average Bonchev–Trinajstić information content (AvgIpc) is 3.10. The van der Waals surface area contributed by atoms with Gasteiger partial charge < -0.3 is 21.0 Å². The van der Waals surface area contributed by atoms with E-state index in [0.29, 0.717) is 11.3 Å². The van der Waals surface area contributed by atoms with Gasteiger partial charge in [-0.2, -0.15) is 0 Å². The highest BCUT2D eigenvalue weighted by Gasteiger charge is 2.54. The molecule has 1 saturated heterocycles. The normalized spacial score (nSPS) is 21.7. The first-order valence-electron chi connectivity index (χ1n) is 8.14. The molecule has 2 atom stereocenters. The van der Waals surface area contributed by atoms with Gasteiger partial charge in [0.15, 0.2) is 10.8 Å². The van der Waals surface area contributed by atoms with E-state index in [1.165, 1.54) is 22.7 Å². The lowest BCUT2D eigenvalue weighted by Crippen LogP contribution is -2.71. The van der Waals surface area contributed by atoms with Gasteiger partial charge in [0, 0.05) is 11.1 Å². The van der Waals surface area contributed by atoms with E-state index in [1.807, 2.05) is 0 Å². The molecule has 1 aromatic heterocycles. The Morgan fingerprint density at radius 1 is 1.61 bits per heavy atom. The zero-order valence-electron chi connectivity index (χ0n) is 14.7. The standard InChI is InChI=1S/C16H17N5O5S2/c1-3-7-5-27-14-10(13(23)21(14)11(7)15(24)25)19-12(22)9(20-26-4-2)8-6-28-16(17)18-8/h3,6,10,14H,1,4-5H2,2H3,(H2,17,18)(H,19,22)(H,24,25)/b20-9-/t10-,14-/m1/s1. The third-order valence-corrected chi connectivity index (χ3v) is 5.97. The number of aromatic nitrogens is 1. The van der Waals surface area contributed by atoms with Crippen molar-refractivity contribution in [3.05, 3.63) is 35.0 Å². The van der Waals surface area contributed by atoms with Crippen molar-refractivity contribution in [2.45, 2.75) is 18.3 Å². The van der Waals surface area contributed by atoms with Gasteiger partial charge in [-0.3, -0.25) is 14.5 Å². The lowest BCUT2D eigenvalue weighted by Gasteiger charge is -2.49. The monoisotopic (exact) mass is 423 g/mol. The van der Waals surface area contributed by atoms with Crippen LogP contribution < -0.4 is 11.1 Å². The second-order valence-corrected chi connectivity index (χ2v) is 7.67. The van der Waals surface area contributed by atoms with Crippen molar-refractivity contribution in [2.24, 2.45) is 5.16 Å². The molecule has 12 heteroatoms. The maximum atomic E-state index is 12.7. The molecule has 0 aromatic carbocycles. The number of fused-ring (bicyclic) bond motifs is 1. The van der Waals surface area contributed by atoms with E-state index in [1.54, 1.807) is 12.3 Å². The summed E-state index contributed by atoms with van der Waals surface area (Å²) in [6.45, 7) is 5.54. The van der Waals surface area contributed by atoms with Crippen LogP contribution in [0.1, 0.15) is 12.6 Å². The molecule has 2 aliphatic heterocycles. The van der Waals surface area contributed by atoms with Gasteiger partial charge in [-0.25, -0.2) is 9.78 Å². The molecule has 0 spiro atoms. The average molecular weight is 423 g/mol. The van der Waals surface area contributed by atoms with Gasteiger partial charge >= 0.3 is 5.97 Å². The molecule has 1 fully saturated rings. The van der Waals surface area contributed by atoms with Gasteiger partial charge in [-0.1, -0.05) is 17.8 Å². The summed E-state index contributed by atoms with van der Waals surface area (Å²) in [6.07, 6.45) is 1.42. The summed E-state index contributed by atoms with van der Waals surface area (Å²) >= 11 is 2.48. The number of nitrogen functional groups attached to an aromatic ring is 1. The molecular formula is C16H17N5O5S2. The Morgan fingerprint density at radius 2 is 2.36 bits per heavy atom. The number of allylic oxidation sites excluding steroid dienone is 1. The van der Waals surface area contributed by atoms with Crippen LogP contribution in [0, 0.1) is 0 Å². The van der Waals surface area contributed by atoms with Gasteiger partial charge in [0.2, 0.25) is 0 Å². The number of carbonyl (C=O) groups is 3. The van der Waals surface area contributed by atoms with Crippen LogP contribution in [0.3, 0.4) is 0 Å². The number of aliphatic carboxylic acids is 1. The molecule has 2 amide bonds. The summed E-state index contributed by atoms with van der Waals surface area (Å²) in [5.41, 5.74) is 6.09. The number of anilines is 1. The van der Waals surface area contributed by atoms with Gasteiger partial charge in [0.05, 0.1) is 0 Å². The molecule has 28 heavy (non-hydrogen) atoms. The number of nitrogens with zero attached hydrogens (tertiary/aromatic N) is 3. The maximum Gasteiger partial charge on any atom is 0.352 e. The van der Waals surface area contributed by atoms with Crippen LogP contribution in [-0.4, -0.2) is 62.3 Å². The van der Waals surface area contributed by atoms with Crippen LogP contribution >= 0.6 is 23.1 Å². The fourth-order valence-electron chi connectivity index (χ4n) is 2.74. The topological polar surface area (TPSA) is 147 Å². The van der Waals surface area contributed by atoms with Crippen molar-refractivity contribution < 1.29 is 24.3 Å². The van der Waals surface area contributed by atoms with E-state index in [-0.39, 0.29) is 28.8 Å². The van der Waals surface area contributed by atoms with Crippen LogP contribution in [0.15, 0.2) is 34.5 Å². The molecular weight excluding hydrogens is 406 g/mol. The number of carboxylic acid groups (broad SMARTS) is 1. The van der Waals surface area contributed by atoms with Crippen LogP contribution in [0.25, 0.3) is 0 Å². The number of hydrogen-bond acceptors (Lipinski definition) is 9. The molecule has 2 aliphatic rings. The predicted molar refractivity (Wildman–Crippen MR) is 105 cm³/mol. The minimum Gasteiger partial charge on any atom is -0.477 e. The van der Waals surface area contributed by atoms with E-state index in [9.17, 15) is 19.5 Å². The van der Waals surface area contributed by atoms with E-state index in [0.717, 1.165) is 11.3 Å². The highest BCUT2D eigenvalue weighted by molar-refractivity contribution is 8.00. The molecule has 0 unspecified atom stereocenters. The predicted octanol–water partition coefficient (Wildman–Crippen LogP) is 0.391. The number of rotatable bonds is 7. The fourth-order valence-corrected chi connectivity index (χ4v) is 4.63. The first-order valence-corrected chi connectivity index (χ1v) is 10.1. The number of oxime groups is 1. The molecule has 0 saturated carbocycles. The maximum absolute atomic E-state index is 12.7. The second kappa shape index (κ2) is 8.02. The number of carboxylic acids is 1. The zero-order chi connectivity index (χ0) is 20.4. The number of carbonyl (C=O) groups excluding carboxylic acids is 2.